The molecule has 0 saturated carbocycles. The van der Waals surface area contributed by atoms with E-state index in [4.69, 9.17) is 16.3 Å². The lowest BCUT2D eigenvalue weighted by atomic mass is 10.0. The van der Waals surface area contributed by atoms with Crippen LogP contribution in [0.25, 0.3) is 0 Å². The minimum atomic E-state index is -0.719. The van der Waals surface area contributed by atoms with E-state index in [1.807, 2.05) is 0 Å². The molecule has 1 aliphatic rings. The molecule has 8 heteroatoms. The van der Waals surface area contributed by atoms with Crippen LogP contribution in [0.2, 0.25) is 5.15 Å². The Morgan fingerprint density at radius 1 is 1.38 bits per heavy atom. The molecule has 1 aliphatic heterocycles. The van der Waals surface area contributed by atoms with Gasteiger partial charge in [-0.05, 0) is 39.7 Å². The van der Waals surface area contributed by atoms with Gasteiger partial charge in [-0.3, -0.25) is 4.79 Å². The molecule has 0 unspecified atom stereocenters. The van der Waals surface area contributed by atoms with E-state index in [0.29, 0.717) is 25.9 Å². The summed E-state index contributed by atoms with van der Waals surface area (Å²) < 4.78 is 18.6. The van der Waals surface area contributed by atoms with Gasteiger partial charge in [0.15, 0.2) is 11.0 Å². The molecule has 1 aromatic heterocycles. The van der Waals surface area contributed by atoms with E-state index in [0.717, 1.165) is 6.07 Å². The van der Waals surface area contributed by atoms with E-state index in [9.17, 15) is 14.0 Å². The second-order valence-corrected chi connectivity index (χ2v) is 7.07. The normalized spacial score (nSPS) is 16.0. The second-order valence-electron chi connectivity index (χ2n) is 6.71. The summed E-state index contributed by atoms with van der Waals surface area (Å²) in [6, 6.07) is 1.03. The number of hydrogen-bond acceptors (Lipinski definition) is 4. The molecule has 1 saturated heterocycles. The number of carbonyl (C=O) groups is 2. The third kappa shape index (κ3) is 5.06. The van der Waals surface area contributed by atoms with Crippen LogP contribution in [-0.4, -0.2) is 46.6 Å². The highest BCUT2D eigenvalue weighted by atomic mass is 35.5. The highest BCUT2D eigenvalue weighted by Crippen LogP contribution is 2.17. The molecular weight excluding hydrogens is 337 g/mol. The molecule has 1 N–H and O–H groups in total. The van der Waals surface area contributed by atoms with E-state index in [1.54, 1.807) is 25.7 Å². The van der Waals surface area contributed by atoms with Gasteiger partial charge in [-0.2, -0.15) is 0 Å². The first-order valence-corrected chi connectivity index (χ1v) is 8.13. The molecule has 132 valence electrons. The minimum absolute atomic E-state index is 0.0519. The quantitative estimate of drug-likeness (QED) is 0.826. The Bertz CT molecular complexity index is 625. The van der Waals surface area contributed by atoms with Crippen molar-refractivity contribution in [3.63, 3.8) is 0 Å². The van der Waals surface area contributed by atoms with Crippen molar-refractivity contribution < 1.29 is 18.7 Å². The van der Waals surface area contributed by atoms with Crippen LogP contribution in [0.4, 0.5) is 9.18 Å². The van der Waals surface area contributed by atoms with Gasteiger partial charge in [0.25, 0.3) is 5.91 Å². The number of rotatable bonds is 2. The maximum atomic E-state index is 13.4. The summed E-state index contributed by atoms with van der Waals surface area (Å²) in [7, 11) is 0. The third-order valence-corrected chi connectivity index (χ3v) is 3.82. The zero-order valence-corrected chi connectivity index (χ0v) is 14.7. The summed E-state index contributed by atoms with van der Waals surface area (Å²) in [4.78, 5) is 29.4. The van der Waals surface area contributed by atoms with Crippen LogP contribution < -0.4 is 5.32 Å². The number of alkyl carbamates (subject to hydrolysis) is 1. The monoisotopic (exact) mass is 357 g/mol. The van der Waals surface area contributed by atoms with Gasteiger partial charge < -0.3 is 15.0 Å². The van der Waals surface area contributed by atoms with Crippen LogP contribution in [0, 0.1) is 5.82 Å². The summed E-state index contributed by atoms with van der Waals surface area (Å²) >= 11 is 5.52. The zero-order chi connectivity index (χ0) is 17.9. The van der Waals surface area contributed by atoms with Gasteiger partial charge in [0, 0.05) is 25.3 Å². The molecule has 24 heavy (non-hydrogen) atoms. The van der Waals surface area contributed by atoms with Crippen molar-refractivity contribution in [3.8, 4) is 0 Å². The van der Waals surface area contributed by atoms with Gasteiger partial charge >= 0.3 is 6.09 Å². The Labute approximate surface area is 145 Å². The first kappa shape index (κ1) is 18.4. The average molecular weight is 358 g/mol. The number of nitrogens with one attached hydrogen (secondary N) is 1. The van der Waals surface area contributed by atoms with Crippen LogP contribution in [0.15, 0.2) is 12.3 Å². The van der Waals surface area contributed by atoms with Crippen LogP contribution >= 0.6 is 11.6 Å². The van der Waals surface area contributed by atoms with Gasteiger partial charge in [-0.25, -0.2) is 14.2 Å². The van der Waals surface area contributed by atoms with Crippen molar-refractivity contribution in [1.82, 2.24) is 15.2 Å². The Kier molecular flexibility index (Phi) is 5.64. The third-order valence-electron chi connectivity index (χ3n) is 3.55. The number of likely N-dealkylation sites (tertiary alicyclic amines) is 1. The zero-order valence-electron chi connectivity index (χ0n) is 13.9. The first-order valence-electron chi connectivity index (χ1n) is 7.75. The largest absolute Gasteiger partial charge is 0.444 e. The fourth-order valence-corrected chi connectivity index (χ4v) is 2.53. The number of aromatic nitrogens is 1. The molecule has 2 heterocycles. The number of hydrogen-bond donors (Lipinski definition) is 1. The topological polar surface area (TPSA) is 71.5 Å². The Morgan fingerprint density at radius 2 is 2.00 bits per heavy atom. The van der Waals surface area contributed by atoms with Crippen LogP contribution in [0.5, 0.6) is 0 Å². The highest BCUT2D eigenvalue weighted by molar-refractivity contribution is 6.29. The van der Waals surface area contributed by atoms with Crippen molar-refractivity contribution >= 4 is 23.6 Å². The molecule has 0 aromatic carbocycles. The van der Waals surface area contributed by atoms with Crippen molar-refractivity contribution in [2.75, 3.05) is 13.1 Å². The molecule has 0 radical (unpaired) electrons. The number of nitrogens with zero attached hydrogens (tertiary/aromatic N) is 2. The molecule has 0 atom stereocenters. The number of ether oxygens (including phenoxy) is 1. The van der Waals surface area contributed by atoms with E-state index >= 15 is 0 Å². The molecule has 2 rings (SSSR count). The SMILES string of the molecule is CC(C)(C)OC(=O)NC1CCN(C(=O)c2cnc(Cl)c(F)c2)CC1. The minimum Gasteiger partial charge on any atom is -0.444 e. The van der Waals surface area contributed by atoms with E-state index in [-0.39, 0.29) is 22.7 Å². The van der Waals surface area contributed by atoms with Crippen molar-refractivity contribution in [2.24, 2.45) is 0 Å². The maximum absolute atomic E-state index is 13.4. The van der Waals surface area contributed by atoms with E-state index in [1.165, 1.54) is 6.20 Å². The predicted molar refractivity (Wildman–Crippen MR) is 87.5 cm³/mol. The lowest BCUT2D eigenvalue weighted by molar-refractivity contribution is 0.0473. The Morgan fingerprint density at radius 3 is 2.54 bits per heavy atom. The smallest absolute Gasteiger partial charge is 0.407 e. The molecule has 1 aromatic rings. The Balaban J connectivity index is 1.87. The molecule has 1 fully saturated rings. The van der Waals surface area contributed by atoms with E-state index in [2.05, 4.69) is 10.3 Å². The fraction of sp³-hybridized carbons (Fsp3) is 0.562. The van der Waals surface area contributed by atoms with E-state index < -0.39 is 17.5 Å². The molecule has 0 spiro atoms. The summed E-state index contributed by atoms with van der Waals surface area (Å²) in [6.07, 6.45) is 2.01. The van der Waals surface area contributed by atoms with Crippen LogP contribution in [-0.2, 0) is 4.74 Å². The summed E-state index contributed by atoms with van der Waals surface area (Å²) in [5.41, 5.74) is -0.387. The molecule has 2 amide bonds. The Hall–Kier alpha value is -1.89. The fourth-order valence-electron chi connectivity index (χ4n) is 2.42. The predicted octanol–water partition coefficient (Wildman–Crippen LogP) is 3.00. The van der Waals surface area contributed by atoms with Crippen molar-refractivity contribution in [3.05, 3.63) is 28.8 Å². The number of pyridine rings is 1. The maximum Gasteiger partial charge on any atom is 0.407 e. The van der Waals surface area contributed by atoms with Gasteiger partial charge in [0.05, 0.1) is 5.56 Å². The van der Waals surface area contributed by atoms with Gasteiger partial charge in [-0.1, -0.05) is 11.6 Å². The van der Waals surface area contributed by atoms with Crippen molar-refractivity contribution in [2.45, 2.75) is 45.3 Å². The number of amides is 2. The second kappa shape index (κ2) is 7.34. The number of halogens is 2. The van der Waals surface area contributed by atoms with Crippen molar-refractivity contribution in [1.29, 1.82) is 0 Å². The molecule has 6 nitrogen and oxygen atoms in total. The number of piperidine rings is 1. The van der Waals surface area contributed by atoms with Gasteiger partial charge in [-0.15, -0.1) is 0 Å². The first-order chi connectivity index (χ1) is 11.2. The summed E-state index contributed by atoms with van der Waals surface area (Å²) in [5, 5.41) is 2.54. The number of carbonyl (C=O) groups excluding carboxylic acids is 2. The van der Waals surface area contributed by atoms with Crippen LogP contribution in [0.1, 0.15) is 44.0 Å². The standard InChI is InChI=1S/C16H21ClFN3O3/c1-16(2,3)24-15(23)20-11-4-6-21(7-5-11)14(22)10-8-12(18)13(17)19-9-10/h8-9,11H,4-7H2,1-3H3,(H,20,23). The summed E-state index contributed by atoms with van der Waals surface area (Å²) in [5.74, 6) is -1.02. The molecular formula is C16H21ClFN3O3. The summed E-state index contributed by atoms with van der Waals surface area (Å²) in [6.45, 7) is 6.32. The molecule has 0 aliphatic carbocycles. The van der Waals surface area contributed by atoms with Gasteiger partial charge in [0.1, 0.15) is 5.60 Å². The van der Waals surface area contributed by atoms with Crippen LogP contribution in [0.3, 0.4) is 0 Å². The van der Waals surface area contributed by atoms with Gasteiger partial charge in [0.2, 0.25) is 0 Å². The molecule has 0 bridgehead atoms. The lowest BCUT2D eigenvalue weighted by Crippen LogP contribution is -2.47. The highest BCUT2D eigenvalue weighted by Gasteiger charge is 2.26. The lowest BCUT2D eigenvalue weighted by Gasteiger charge is -2.32. The average Bonchev–Trinajstić information content (AvgIpc) is 2.48.